The molecule has 1 heterocycles. The van der Waals surface area contributed by atoms with Crippen LogP contribution >= 0.6 is 0 Å². The number of hydrogen-bond acceptors (Lipinski definition) is 2. The minimum absolute atomic E-state index is 0.136. The van der Waals surface area contributed by atoms with Crippen molar-refractivity contribution in [2.45, 2.75) is 32.7 Å². The Balaban J connectivity index is 2.21. The molecule has 2 rings (SSSR count). The molecule has 0 bridgehead atoms. The summed E-state index contributed by atoms with van der Waals surface area (Å²) in [6, 6.07) is 2.20. The van der Waals surface area contributed by atoms with Crippen LogP contribution in [-0.2, 0) is 0 Å². The standard InChI is InChI=1S/C10H15NO/c1-6-5-9(12-7(6)2)10(11)8-3-4-8/h5,8,10H,3-4,11H2,1-2H3/t10-/m0/s1. The van der Waals surface area contributed by atoms with Crippen LogP contribution in [0.5, 0.6) is 0 Å². The third kappa shape index (κ3) is 1.27. The Hall–Kier alpha value is -0.760. The Morgan fingerprint density at radius 3 is 2.58 bits per heavy atom. The van der Waals surface area contributed by atoms with E-state index >= 15 is 0 Å². The van der Waals surface area contributed by atoms with E-state index in [1.165, 1.54) is 18.4 Å². The summed E-state index contributed by atoms with van der Waals surface area (Å²) in [5, 5.41) is 0. The summed E-state index contributed by atoms with van der Waals surface area (Å²) in [6.45, 7) is 4.04. The first-order valence-electron chi connectivity index (χ1n) is 4.51. The lowest BCUT2D eigenvalue weighted by Gasteiger charge is -2.04. The molecule has 2 N–H and O–H groups in total. The first kappa shape index (κ1) is 7.87. The van der Waals surface area contributed by atoms with Gasteiger partial charge in [0.05, 0.1) is 6.04 Å². The number of hydrogen-bond donors (Lipinski definition) is 1. The van der Waals surface area contributed by atoms with Crippen molar-refractivity contribution < 1.29 is 4.42 Å². The molecule has 1 aromatic heterocycles. The highest BCUT2D eigenvalue weighted by atomic mass is 16.3. The molecule has 1 atom stereocenters. The zero-order valence-corrected chi connectivity index (χ0v) is 7.63. The van der Waals surface area contributed by atoms with Crippen molar-refractivity contribution in [3.63, 3.8) is 0 Å². The van der Waals surface area contributed by atoms with Gasteiger partial charge in [-0.25, -0.2) is 0 Å². The third-order valence-corrected chi connectivity index (χ3v) is 2.64. The van der Waals surface area contributed by atoms with Crippen molar-refractivity contribution in [3.05, 3.63) is 23.2 Å². The van der Waals surface area contributed by atoms with Gasteiger partial charge in [-0.2, -0.15) is 0 Å². The highest BCUT2D eigenvalue weighted by Gasteiger charge is 2.31. The molecule has 0 spiro atoms. The first-order valence-corrected chi connectivity index (χ1v) is 4.51. The monoisotopic (exact) mass is 165 g/mol. The molecule has 1 saturated carbocycles. The van der Waals surface area contributed by atoms with E-state index in [0.717, 1.165) is 11.5 Å². The van der Waals surface area contributed by atoms with Crippen LogP contribution in [0.4, 0.5) is 0 Å². The minimum Gasteiger partial charge on any atom is -0.464 e. The molecular weight excluding hydrogens is 150 g/mol. The lowest BCUT2D eigenvalue weighted by Crippen LogP contribution is -2.10. The van der Waals surface area contributed by atoms with E-state index in [1.807, 2.05) is 6.92 Å². The van der Waals surface area contributed by atoms with Gasteiger partial charge in [-0.1, -0.05) is 0 Å². The van der Waals surface area contributed by atoms with Gasteiger partial charge < -0.3 is 10.2 Å². The summed E-state index contributed by atoms with van der Waals surface area (Å²) in [4.78, 5) is 0. The lowest BCUT2D eigenvalue weighted by atomic mass is 10.1. The van der Waals surface area contributed by atoms with E-state index in [0.29, 0.717) is 5.92 Å². The maximum Gasteiger partial charge on any atom is 0.121 e. The average molecular weight is 165 g/mol. The van der Waals surface area contributed by atoms with Crippen molar-refractivity contribution in [2.24, 2.45) is 11.7 Å². The number of aryl methyl sites for hydroxylation is 2. The van der Waals surface area contributed by atoms with E-state index in [1.54, 1.807) is 0 Å². The van der Waals surface area contributed by atoms with E-state index in [9.17, 15) is 0 Å². The summed E-state index contributed by atoms with van der Waals surface area (Å²) in [5.41, 5.74) is 7.20. The molecule has 2 nitrogen and oxygen atoms in total. The zero-order valence-electron chi connectivity index (χ0n) is 7.63. The second-order valence-corrected chi connectivity index (χ2v) is 3.75. The minimum atomic E-state index is 0.136. The number of rotatable bonds is 2. The Labute approximate surface area is 72.7 Å². The molecule has 0 radical (unpaired) electrons. The predicted molar refractivity (Wildman–Crippen MR) is 47.8 cm³/mol. The molecule has 1 aliphatic carbocycles. The smallest absolute Gasteiger partial charge is 0.121 e. The summed E-state index contributed by atoms with van der Waals surface area (Å²) >= 11 is 0. The van der Waals surface area contributed by atoms with Crippen LogP contribution in [-0.4, -0.2) is 0 Å². The Morgan fingerprint density at radius 2 is 2.17 bits per heavy atom. The van der Waals surface area contributed by atoms with Crippen molar-refractivity contribution in [2.75, 3.05) is 0 Å². The Morgan fingerprint density at radius 1 is 1.50 bits per heavy atom. The first-order chi connectivity index (χ1) is 5.68. The second kappa shape index (κ2) is 2.63. The van der Waals surface area contributed by atoms with Gasteiger partial charge in [0.15, 0.2) is 0 Å². The second-order valence-electron chi connectivity index (χ2n) is 3.75. The fourth-order valence-electron chi connectivity index (χ4n) is 1.45. The number of furan rings is 1. The van der Waals surface area contributed by atoms with E-state index in [2.05, 4.69) is 13.0 Å². The Kier molecular flexibility index (Phi) is 1.72. The predicted octanol–water partition coefficient (Wildman–Crippen LogP) is 2.31. The van der Waals surface area contributed by atoms with Gasteiger partial charge in [0.2, 0.25) is 0 Å². The summed E-state index contributed by atoms with van der Waals surface area (Å²) in [7, 11) is 0. The number of nitrogens with two attached hydrogens (primary N) is 1. The van der Waals surface area contributed by atoms with Crippen LogP contribution < -0.4 is 5.73 Å². The fourth-order valence-corrected chi connectivity index (χ4v) is 1.45. The van der Waals surface area contributed by atoms with Gasteiger partial charge in [-0.3, -0.25) is 0 Å². The van der Waals surface area contributed by atoms with Crippen LogP contribution in [0, 0.1) is 19.8 Å². The van der Waals surface area contributed by atoms with Crippen molar-refractivity contribution in [3.8, 4) is 0 Å². The van der Waals surface area contributed by atoms with Crippen LogP contribution in [0.1, 0.15) is 36.0 Å². The zero-order chi connectivity index (χ0) is 8.72. The van der Waals surface area contributed by atoms with Crippen LogP contribution in [0.3, 0.4) is 0 Å². The van der Waals surface area contributed by atoms with Gasteiger partial charge in [-0.05, 0) is 44.2 Å². The molecule has 0 aromatic carbocycles. The molecule has 2 heteroatoms. The van der Waals surface area contributed by atoms with E-state index in [4.69, 9.17) is 10.2 Å². The molecule has 66 valence electrons. The summed E-state index contributed by atoms with van der Waals surface area (Å²) in [6.07, 6.45) is 2.53. The molecular formula is C10H15NO. The topological polar surface area (TPSA) is 39.2 Å². The van der Waals surface area contributed by atoms with Crippen LogP contribution in [0.25, 0.3) is 0 Å². The molecule has 12 heavy (non-hydrogen) atoms. The highest BCUT2D eigenvalue weighted by Crippen LogP contribution is 2.40. The average Bonchev–Trinajstić information content (AvgIpc) is 2.80. The molecule has 1 aromatic rings. The van der Waals surface area contributed by atoms with Gasteiger partial charge >= 0.3 is 0 Å². The van der Waals surface area contributed by atoms with Gasteiger partial charge in [0.25, 0.3) is 0 Å². The fraction of sp³-hybridized carbons (Fsp3) is 0.600. The lowest BCUT2D eigenvalue weighted by molar-refractivity contribution is 0.425. The van der Waals surface area contributed by atoms with Gasteiger partial charge in [0, 0.05) is 0 Å². The SMILES string of the molecule is Cc1cc([C@@H](N)C2CC2)oc1C. The summed E-state index contributed by atoms with van der Waals surface area (Å²) in [5.74, 6) is 2.64. The molecule has 1 aliphatic rings. The third-order valence-electron chi connectivity index (χ3n) is 2.64. The molecule has 0 unspecified atom stereocenters. The molecule has 0 amide bonds. The van der Waals surface area contributed by atoms with Crippen molar-refractivity contribution in [1.82, 2.24) is 0 Å². The van der Waals surface area contributed by atoms with Crippen LogP contribution in [0.2, 0.25) is 0 Å². The van der Waals surface area contributed by atoms with E-state index < -0.39 is 0 Å². The quantitative estimate of drug-likeness (QED) is 0.730. The summed E-state index contributed by atoms with van der Waals surface area (Å²) < 4.78 is 5.55. The Bertz CT molecular complexity index is 267. The maximum atomic E-state index is 5.99. The van der Waals surface area contributed by atoms with Crippen molar-refractivity contribution in [1.29, 1.82) is 0 Å². The van der Waals surface area contributed by atoms with Crippen LogP contribution in [0.15, 0.2) is 10.5 Å². The maximum absolute atomic E-state index is 5.99. The van der Waals surface area contributed by atoms with Gasteiger partial charge in [0.1, 0.15) is 11.5 Å². The molecule has 1 fully saturated rings. The molecule has 0 saturated heterocycles. The highest BCUT2D eigenvalue weighted by molar-refractivity contribution is 5.21. The van der Waals surface area contributed by atoms with Gasteiger partial charge in [-0.15, -0.1) is 0 Å². The van der Waals surface area contributed by atoms with E-state index in [-0.39, 0.29) is 6.04 Å². The normalized spacial score (nSPS) is 19.6. The molecule has 0 aliphatic heterocycles. The largest absolute Gasteiger partial charge is 0.464 e. The van der Waals surface area contributed by atoms with Crippen molar-refractivity contribution >= 4 is 0 Å².